The summed E-state index contributed by atoms with van der Waals surface area (Å²) in [5, 5.41) is 9.24. The van der Waals surface area contributed by atoms with Crippen LogP contribution in [0.3, 0.4) is 0 Å². The number of halogens is 1. The molecule has 2 heterocycles. The fourth-order valence-corrected chi connectivity index (χ4v) is 3.09. The molecule has 0 saturated heterocycles. The van der Waals surface area contributed by atoms with E-state index in [-0.39, 0.29) is 23.0 Å². The van der Waals surface area contributed by atoms with Crippen molar-refractivity contribution in [3.8, 4) is 11.8 Å². The average Bonchev–Trinajstić information content (AvgIpc) is 2.97. The number of carbonyl (C=O) groups is 2. The zero-order valence-electron chi connectivity index (χ0n) is 13.9. The van der Waals surface area contributed by atoms with Gasteiger partial charge in [0, 0.05) is 26.2 Å². The molecule has 0 fully saturated rings. The average molecular weight is 359 g/mol. The van der Waals surface area contributed by atoms with Crippen LogP contribution in [0.4, 0.5) is 0 Å². The second-order valence-electron chi connectivity index (χ2n) is 6.18. The Kier molecular flexibility index (Phi) is 4.01. The van der Waals surface area contributed by atoms with E-state index in [1.54, 1.807) is 43.8 Å². The quantitative estimate of drug-likeness (QED) is 0.766. The summed E-state index contributed by atoms with van der Waals surface area (Å²) in [5.74, 6) is -0.931. The molecule has 8 heteroatoms. The second-order valence-corrected chi connectivity index (χ2v) is 6.59. The van der Waals surface area contributed by atoms with Gasteiger partial charge in [-0.05, 0) is 25.1 Å². The lowest BCUT2D eigenvalue weighted by Gasteiger charge is -2.33. The molecule has 1 aromatic heterocycles. The van der Waals surface area contributed by atoms with Gasteiger partial charge in [0.2, 0.25) is 0 Å². The Bertz CT molecular complexity index is 928. The highest BCUT2D eigenvalue weighted by molar-refractivity contribution is 6.31. The van der Waals surface area contributed by atoms with Gasteiger partial charge in [-0.3, -0.25) is 9.36 Å². The summed E-state index contributed by atoms with van der Waals surface area (Å²) in [4.78, 5) is 30.5. The zero-order chi connectivity index (χ0) is 18.4. The van der Waals surface area contributed by atoms with E-state index in [2.05, 4.69) is 4.98 Å². The maximum atomic E-state index is 12.6. The number of cyclic esters (lactones) is 1. The van der Waals surface area contributed by atoms with E-state index in [1.165, 1.54) is 11.2 Å². The van der Waals surface area contributed by atoms with Crippen LogP contribution in [0.5, 0.6) is 0 Å². The summed E-state index contributed by atoms with van der Waals surface area (Å²) in [6, 6.07) is 6.79. The third-order valence-corrected chi connectivity index (χ3v) is 4.38. The molecule has 0 radical (unpaired) electrons. The number of ether oxygens (including phenoxy) is 1. The molecule has 0 bridgehead atoms. The molecule has 3 rings (SSSR count). The van der Waals surface area contributed by atoms with Gasteiger partial charge < -0.3 is 9.64 Å². The van der Waals surface area contributed by atoms with Gasteiger partial charge in [0.1, 0.15) is 12.4 Å². The van der Waals surface area contributed by atoms with Crippen LogP contribution in [-0.4, -0.2) is 46.0 Å². The summed E-state index contributed by atoms with van der Waals surface area (Å²) in [6.07, 6.45) is 1.66. The van der Waals surface area contributed by atoms with Crippen molar-refractivity contribution >= 4 is 23.5 Å². The van der Waals surface area contributed by atoms with Gasteiger partial charge in [-0.2, -0.15) is 5.26 Å². The predicted octanol–water partition coefficient (Wildman–Crippen LogP) is 1.96. The number of likely N-dealkylation sites (N-methyl/N-ethyl adjacent to an activating group) is 1. The van der Waals surface area contributed by atoms with Crippen LogP contribution < -0.4 is 0 Å². The highest BCUT2D eigenvalue weighted by Gasteiger charge is 2.45. The van der Waals surface area contributed by atoms with Gasteiger partial charge in [-0.15, -0.1) is 0 Å². The van der Waals surface area contributed by atoms with E-state index in [0.717, 1.165) is 0 Å². The van der Waals surface area contributed by atoms with Gasteiger partial charge in [-0.25, -0.2) is 9.78 Å². The van der Waals surface area contributed by atoms with E-state index in [1.807, 2.05) is 6.07 Å². The molecule has 0 saturated carbocycles. The van der Waals surface area contributed by atoms with Crippen molar-refractivity contribution in [2.45, 2.75) is 18.9 Å². The minimum atomic E-state index is -1.28. The van der Waals surface area contributed by atoms with Crippen LogP contribution in [0.15, 0.2) is 24.5 Å². The molecule has 1 aromatic carbocycles. The molecular formula is C17H15ClN4O3. The van der Waals surface area contributed by atoms with Crippen LogP contribution in [0.2, 0.25) is 5.02 Å². The van der Waals surface area contributed by atoms with Crippen LogP contribution >= 0.6 is 11.6 Å². The standard InChI is InChI=1S/C17H15ClN4O3/c1-17(16(24)21(2)3)7-13-14(15(23)25-17)22(9-20-13)11-5-4-10(8-19)12(18)6-11/h4-6,9H,7H2,1-3H3. The van der Waals surface area contributed by atoms with Gasteiger partial charge in [0.25, 0.3) is 5.91 Å². The maximum Gasteiger partial charge on any atom is 0.358 e. The number of rotatable bonds is 2. The minimum Gasteiger partial charge on any atom is -0.444 e. The number of fused-ring (bicyclic) bond motifs is 1. The number of carbonyl (C=O) groups excluding carboxylic acids is 2. The number of amides is 1. The summed E-state index contributed by atoms with van der Waals surface area (Å²) >= 11 is 6.07. The monoisotopic (exact) mass is 358 g/mol. The number of nitriles is 1. The fraction of sp³-hybridized carbons (Fsp3) is 0.294. The minimum absolute atomic E-state index is 0.183. The Labute approximate surface area is 149 Å². The Morgan fingerprint density at radius 2 is 2.20 bits per heavy atom. The van der Waals surface area contributed by atoms with E-state index in [4.69, 9.17) is 21.6 Å². The van der Waals surface area contributed by atoms with Crippen LogP contribution in [0.1, 0.15) is 28.7 Å². The Balaban J connectivity index is 2.04. The molecule has 1 aliphatic rings. The summed E-state index contributed by atoms with van der Waals surface area (Å²) in [7, 11) is 3.21. The molecule has 0 aliphatic carbocycles. The van der Waals surface area contributed by atoms with Crippen molar-refractivity contribution in [1.82, 2.24) is 14.5 Å². The van der Waals surface area contributed by atoms with Gasteiger partial charge in [-0.1, -0.05) is 11.6 Å². The van der Waals surface area contributed by atoms with Crippen molar-refractivity contribution < 1.29 is 14.3 Å². The first-order chi connectivity index (χ1) is 11.8. The second kappa shape index (κ2) is 5.90. The number of esters is 1. The zero-order valence-corrected chi connectivity index (χ0v) is 14.7. The lowest BCUT2D eigenvalue weighted by atomic mass is 9.94. The molecule has 0 N–H and O–H groups in total. The molecular weight excluding hydrogens is 344 g/mol. The van der Waals surface area contributed by atoms with Crippen molar-refractivity contribution in [3.05, 3.63) is 46.5 Å². The summed E-state index contributed by atoms with van der Waals surface area (Å²) < 4.78 is 6.99. The number of imidazole rings is 1. The van der Waals surface area contributed by atoms with Crippen molar-refractivity contribution in [2.24, 2.45) is 0 Å². The first-order valence-corrected chi connectivity index (χ1v) is 7.86. The number of nitrogens with zero attached hydrogens (tertiary/aromatic N) is 4. The lowest BCUT2D eigenvalue weighted by molar-refractivity contribution is -0.148. The fourth-order valence-electron chi connectivity index (χ4n) is 2.87. The van der Waals surface area contributed by atoms with Crippen LogP contribution in [0.25, 0.3) is 5.69 Å². The molecule has 1 amide bonds. The van der Waals surface area contributed by atoms with E-state index >= 15 is 0 Å². The molecule has 1 aliphatic heterocycles. The maximum absolute atomic E-state index is 12.6. The third kappa shape index (κ3) is 2.75. The normalized spacial score (nSPS) is 18.9. The molecule has 1 atom stereocenters. The smallest absolute Gasteiger partial charge is 0.358 e. The largest absolute Gasteiger partial charge is 0.444 e. The molecule has 1 unspecified atom stereocenters. The first kappa shape index (κ1) is 17.0. The summed E-state index contributed by atoms with van der Waals surface area (Å²) in [6.45, 7) is 1.58. The topological polar surface area (TPSA) is 88.2 Å². The van der Waals surface area contributed by atoms with Crippen LogP contribution in [-0.2, 0) is 16.0 Å². The van der Waals surface area contributed by atoms with Crippen molar-refractivity contribution in [3.63, 3.8) is 0 Å². The highest BCUT2D eigenvalue weighted by atomic mass is 35.5. The number of benzene rings is 1. The molecule has 2 aromatic rings. The molecule has 0 spiro atoms. The first-order valence-electron chi connectivity index (χ1n) is 7.48. The van der Waals surface area contributed by atoms with Gasteiger partial charge in [0.05, 0.1) is 16.3 Å². The highest BCUT2D eigenvalue weighted by Crippen LogP contribution is 2.31. The van der Waals surface area contributed by atoms with Crippen LogP contribution in [0, 0.1) is 11.3 Å². The number of aromatic nitrogens is 2. The number of hydrogen-bond donors (Lipinski definition) is 0. The van der Waals surface area contributed by atoms with Crippen molar-refractivity contribution in [2.75, 3.05) is 14.1 Å². The van der Waals surface area contributed by atoms with E-state index < -0.39 is 11.6 Å². The Hall–Kier alpha value is -2.85. The SMILES string of the molecule is CN(C)C(=O)C1(C)Cc2ncn(-c3ccc(C#N)c(Cl)c3)c2C(=O)O1. The Morgan fingerprint density at radius 3 is 2.80 bits per heavy atom. The van der Waals surface area contributed by atoms with Gasteiger partial charge in [0.15, 0.2) is 11.3 Å². The molecule has 7 nitrogen and oxygen atoms in total. The van der Waals surface area contributed by atoms with Crippen molar-refractivity contribution in [1.29, 1.82) is 5.26 Å². The van der Waals surface area contributed by atoms with E-state index in [9.17, 15) is 9.59 Å². The summed E-state index contributed by atoms with van der Waals surface area (Å²) in [5.41, 5.74) is 0.373. The van der Waals surface area contributed by atoms with E-state index in [0.29, 0.717) is 16.9 Å². The Morgan fingerprint density at radius 1 is 1.48 bits per heavy atom. The predicted molar refractivity (Wildman–Crippen MR) is 89.5 cm³/mol. The lowest BCUT2D eigenvalue weighted by Crippen LogP contribution is -2.51. The molecule has 25 heavy (non-hydrogen) atoms. The number of hydrogen-bond acceptors (Lipinski definition) is 5. The third-order valence-electron chi connectivity index (χ3n) is 4.07. The molecule has 128 valence electrons. The van der Waals surface area contributed by atoms with Gasteiger partial charge >= 0.3 is 5.97 Å².